The maximum atomic E-state index is 12.6. The molecule has 140 valence electrons. The van der Waals surface area contributed by atoms with E-state index in [0.29, 0.717) is 28.2 Å². The summed E-state index contributed by atoms with van der Waals surface area (Å²) in [7, 11) is 0. The number of carbonyl (C=O) groups excluding carboxylic acids is 1. The molecule has 1 aliphatic heterocycles. The Labute approximate surface area is 168 Å². The molecule has 4 nitrogen and oxygen atoms in total. The third-order valence-corrected chi connectivity index (χ3v) is 6.85. The van der Waals surface area contributed by atoms with E-state index in [1.165, 1.54) is 17.3 Å². The quantitative estimate of drug-likeness (QED) is 0.777. The molecular formula is C21H22ClN3OS. The summed E-state index contributed by atoms with van der Waals surface area (Å²) in [5, 5.41) is 1.19. The number of hydrogen-bond acceptors (Lipinski definition) is 5. The highest BCUT2D eigenvalue weighted by Crippen LogP contribution is 2.45. The number of aryl methyl sites for hydroxylation is 1. The summed E-state index contributed by atoms with van der Waals surface area (Å²) in [4.78, 5) is 21.6. The molecule has 2 atom stereocenters. The number of nitrogens with zero attached hydrogens (tertiary/aromatic N) is 2. The first-order valence-corrected chi connectivity index (χ1v) is 10.6. The van der Waals surface area contributed by atoms with Gasteiger partial charge in [0.15, 0.2) is 11.0 Å². The average Bonchev–Trinajstić information content (AvgIpc) is 2.78. The average molecular weight is 400 g/mol. The van der Waals surface area contributed by atoms with Crippen molar-refractivity contribution < 1.29 is 4.79 Å². The van der Waals surface area contributed by atoms with E-state index in [2.05, 4.69) is 30.1 Å². The summed E-state index contributed by atoms with van der Waals surface area (Å²) in [6.45, 7) is 2.20. The summed E-state index contributed by atoms with van der Waals surface area (Å²) in [6.07, 6.45) is 5.19. The predicted molar refractivity (Wildman–Crippen MR) is 112 cm³/mol. The van der Waals surface area contributed by atoms with Gasteiger partial charge in [-0.3, -0.25) is 14.8 Å². The molecule has 2 aliphatic rings. The molecule has 0 saturated carbocycles. The van der Waals surface area contributed by atoms with Gasteiger partial charge in [0.2, 0.25) is 0 Å². The first-order valence-electron chi connectivity index (χ1n) is 9.21. The zero-order chi connectivity index (χ0) is 19.0. The Hall–Kier alpha value is -1.85. The zero-order valence-electron chi connectivity index (χ0n) is 15.2. The van der Waals surface area contributed by atoms with E-state index in [1.54, 1.807) is 23.9 Å². The van der Waals surface area contributed by atoms with Crippen molar-refractivity contribution in [2.75, 3.05) is 5.75 Å². The molecule has 1 aliphatic carbocycles. The number of halogens is 1. The number of aromatic nitrogens is 1. The van der Waals surface area contributed by atoms with Gasteiger partial charge in [0, 0.05) is 18.4 Å². The van der Waals surface area contributed by atoms with Crippen LogP contribution in [0.15, 0.2) is 41.5 Å². The fourth-order valence-corrected chi connectivity index (χ4v) is 5.35. The molecule has 0 fully saturated rings. The molecule has 6 heteroatoms. The first kappa shape index (κ1) is 18.5. The van der Waals surface area contributed by atoms with Gasteiger partial charge in [0.1, 0.15) is 5.69 Å². The number of rotatable bonds is 3. The van der Waals surface area contributed by atoms with Crippen LogP contribution in [0.1, 0.15) is 46.9 Å². The van der Waals surface area contributed by atoms with Crippen molar-refractivity contribution in [1.82, 2.24) is 4.98 Å². The highest BCUT2D eigenvalue weighted by molar-refractivity contribution is 8.13. The molecule has 2 N–H and O–H groups in total. The summed E-state index contributed by atoms with van der Waals surface area (Å²) in [6, 6.07) is 9.75. The van der Waals surface area contributed by atoms with E-state index in [1.807, 2.05) is 0 Å². The largest absolute Gasteiger partial charge is 0.379 e. The van der Waals surface area contributed by atoms with Gasteiger partial charge in [-0.1, -0.05) is 41.6 Å². The Morgan fingerprint density at radius 2 is 2.22 bits per heavy atom. The third-order valence-electron chi connectivity index (χ3n) is 5.67. The summed E-state index contributed by atoms with van der Waals surface area (Å²) in [5.74, 6) is 1.47. The van der Waals surface area contributed by atoms with Crippen molar-refractivity contribution in [2.45, 2.75) is 38.1 Å². The van der Waals surface area contributed by atoms with Crippen LogP contribution in [0.2, 0.25) is 5.02 Å². The standard InChI is InChI=1S/C21H22ClN3OS/c1-21-15(12-27-20(23)25-21)4-2-3-14-6-5-13(9-17(14)21)10-19(26)18-8-7-16(22)11-24-18/h5-9,11,15H,2-4,10,12H2,1H3,(H2,23,25)/t15-,21+/m1/s1. The van der Waals surface area contributed by atoms with Gasteiger partial charge >= 0.3 is 0 Å². The maximum absolute atomic E-state index is 12.6. The Kier molecular flexibility index (Phi) is 4.99. The van der Waals surface area contributed by atoms with Gasteiger partial charge in [-0.25, -0.2) is 0 Å². The molecule has 4 rings (SSSR count). The topological polar surface area (TPSA) is 68.3 Å². The van der Waals surface area contributed by atoms with Crippen LogP contribution in [0.3, 0.4) is 0 Å². The number of benzene rings is 1. The van der Waals surface area contributed by atoms with Gasteiger partial charge in [0.25, 0.3) is 0 Å². The minimum atomic E-state index is -0.307. The Bertz CT molecular complexity index is 912. The van der Waals surface area contributed by atoms with E-state index in [9.17, 15) is 4.79 Å². The number of carbonyl (C=O) groups is 1. The molecule has 0 spiro atoms. The number of nitrogens with two attached hydrogens (primary N) is 1. The summed E-state index contributed by atoms with van der Waals surface area (Å²) in [5.41, 5.74) is 9.75. The van der Waals surface area contributed by atoms with Crippen molar-refractivity contribution in [1.29, 1.82) is 0 Å². The Balaban J connectivity index is 1.68. The second-order valence-electron chi connectivity index (χ2n) is 7.45. The van der Waals surface area contributed by atoms with Crippen LogP contribution in [0.25, 0.3) is 0 Å². The zero-order valence-corrected chi connectivity index (χ0v) is 16.8. The predicted octanol–water partition coefficient (Wildman–Crippen LogP) is 4.39. The number of thioether (sulfide) groups is 1. The Morgan fingerprint density at radius 3 is 3.00 bits per heavy atom. The lowest BCUT2D eigenvalue weighted by Crippen LogP contribution is -2.37. The number of hydrogen-bond donors (Lipinski definition) is 1. The third kappa shape index (κ3) is 3.63. The summed E-state index contributed by atoms with van der Waals surface area (Å²) >= 11 is 7.52. The normalized spacial score (nSPS) is 24.4. The van der Waals surface area contributed by atoms with Crippen molar-refractivity contribution in [2.24, 2.45) is 16.6 Å². The van der Waals surface area contributed by atoms with E-state index in [4.69, 9.17) is 22.3 Å². The van der Waals surface area contributed by atoms with Gasteiger partial charge < -0.3 is 5.73 Å². The molecular weight excluding hydrogens is 378 g/mol. The molecule has 0 amide bonds. The van der Waals surface area contributed by atoms with E-state index in [0.717, 1.165) is 30.6 Å². The number of aliphatic imine (C=N–C) groups is 1. The first-order chi connectivity index (χ1) is 13.0. The highest BCUT2D eigenvalue weighted by Gasteiger charge is 2.41. The van der Waals surface area contributed by atoms with Crippen molar-refractivity contribution in [3.05, 3.63) is 63.9 Å². The lowest BCUT2D eigenvalue weighted by atomic mass is 9.78. The highest BCUT2D eigenvalue weighted by atomic mass is 35.5. The van der Waals surface area contributed by atoms with Crippen LogP contribution in [0.5, 0.6) is 0 Å². The fraction of sp³-hybridized carbons (Fsp3) is 0.381. The number of fused-ring (bicyclic) bond motifs is 3. The SMILES string of the molecule is C[C@]12N=C(N)SC[C@H]1CCCc1ccc(CC(=O)c3ccc(Cl)cn3)cc12. The van der Waals surface area contributed by atoms with Crippen LogP contribution >= 0.6 is 23.4 Å². The number of pyridine rings is 1. The minimum Gasteiger partial charge on any atom is -0.379 e. The lowest BCUT2D eigenvalue weighted by molar-refractivity contribution is 0.0988. The molecule has 2 heterocycles. The van der Waals surface area contributed by atoms with Crippen molar-refractivity contribution in [3.63, 3.8) is 0 Å². The van der Waals surface area contributed by atoms with Crippen molar-refractivity contribution in [3.8, 4) is 0 Å². The molecule has 1 aromatic heterocycles. The van der Waals surface area contributed by atoms with Crippen LogP contribution < -0.4 is 5.73 Å². The second kappa shape index (κ2) is 7.28. The van der Waals surface area contributed by atoms with Gasteiger partial charge in [-0.15, -0.1) is 0 Å². The number of amidine groups is 1. The molecule has 0 radical (unpaired) electrons. The minimum absolute atomic E-state index is 0.0100. The number of ketones is 1. The monoisotopic (exact) mass is 399 g/mol. The van der Waals surface area contributed by atoms with E-state index >= 15 is 0 Å². The smallest absolute Gasteiger partial charge is 0.185 e. The van der Waals surface area contributed by atoms with E-state index < -0.39 is 0 Å². The van der Waals surface area contributed by atoms with Crippen LogP contribution in [-0.2, 0) is 18.4 Å². The van der Waals surface area contributed by atoms with Crippen molar-refractivity contribution >= 4 is 34.3 Å². The fourth-order valence-electron chi connectivity index (χ4n) is 4.12. The molecule has 27 heavy (non-hydrogen) atoms. The van der Waals surface area contributed by atoms with E-state index in [-0.39, 0.29) is 11.3 Å². The molecule has 1 aromatic carbocycles. The Morgan fingerprint density at radius 1 is 1.37 bits per heavy atom. The molecule has 0 saturated heterocycles. The molecule has 0 bridgehead atoms. The van der Waals surface area contributed by atoms with Crippen LogP contribution in [-0.4, -0.2) is 21.7 Å². The second-order valence-corrected chi connectivity index (χ2v) is 8.93. The molecule has 2 aromatic rings. The van der Waals surface area contributed by atoms with Crippen LogP contribution in [0, 0.1) is 5.92 Å². The van der Waals surface area contributed by atoms with Gasteiger partial charge in [0.05, 0.1) is 10.6 Å². The van der Waals surface area contributed by atoms with Crippen LogP contribution in [0.4, 0.5) is 0 Å². The number of Topliss-reactive ketones (excluding diaryl/α,β-unsaturated/α-hetero) is 1. The summed E-state index contributed by atoms with van der Waals surface area (Å²) < 4.78 is 0. The van der Waals surface area contributed by atoms with Gasteiger partial charge in [-0.2, -0.15) is 0 Å². The molecule has 0 unspecified atom stereocenters. The van der Waals surface area contributed by atoms with Gasteiger partial charge in [-0.05, 0) is 60.9 Å². The lowest BCUT2D eigenvalue weighted by Gasteiger charge is -2.37. The maximum Gasteiger partial charge on any atom is 0.185 e.